The van der Waals surface area contributed by atoms with E-state index in [1.807, 2.05) is 25.7 Å². The molecule has 1 amide bonds. The normalized spacial score (nSPS) is 19.3. The van der Waals surface area contributed by atoms with E-state index in [-0.39, 0.29) is 17.3 Å². The molecule has 2 aliphatic rings. The number of carbonyl (C=O) groups is 2. The van der Waals surface area contributed by atoms with Gasteiger partial charge >= 0.3 is 12.1 Å². The van der Waals surface area contributed by atoms with Crippen molar-refractivity contribution >= 4 is 17.7 Å². The molecule has 0 saturated carbocycles. The molecule has 1 aromatic rings. The topological polar surface area (TPSA) is 84.9 Å². The van der Waals surface area contributed by atoms with Crippen molar-refractivity contribution in [3.8, 4) is 0 Å². The Bertz CT molecular complexity index is 691. The number of nitrogens with zero attached hydrogens (tertiary/aromatic N) is 4. The smallest absolute Gasteiger partial charge is 0.410 e. The second-order valence-corrected chi connectivity index (χ2v) is 8.40. The molecule has 3 rings (SSSR count). The van der Waals surface area contributed by atoms with Gasteiger partial charge in [-0.2, -0.15) is 0 Å². The zero-order valence-electron chi connectivity index (χ0n) is 16.5. The first kappa shape index (κ1) is 19.4. The van der Waals surface area contributed by atoms with Crippen LogP contribution >= 0.6 is 0 Å². The number of piperidine rings is 1. The summed E-state index contributed by atoms with van der Waals surface area (Å²) >= 11 is 0. The number of aromatic nitrogens is 2. The van der Waals surface area contributed by atoms with Gasteiger partial charge in [-0.3, -0.25) is 0 Å². The molecule has 2 aliphatic heterocycles. The van der Waals surface area contributed by atoms with E-state index in [1.54, 1.807) is 12.4 Å². The quantitative estimate of drug-likeness (QED) is 0.733. The maximum Gasteiger partial charge on any atom is 0.410 e. The van der Waals surface area contributed by atoms with Crippen LogP contribution < -0.4 is 4.90 Å². The van der Waals surface area contributed by atoms with E-state index in [9.17, 15) is 9.59 Å². The van der Waals surface area contributed by atoms with Crippen molar-refractivity contribution in [2.24, 2.45) is 5.41 Å². The number of amides is 1. The molecule has 2 saturated heterocycles. The van der Waals surface area contributed by atoms with E-state index < -0.39 is 11.6 Å². The first-order valence-electron chi connectivity index (χ1n) is 9.35. The molecule has 0 bridgehead atoms. The van der Waals surface area contributed by atoms with Crippen molar-refractivity contribution in [1.82, 2.24) is 14.9 Å². The van der Waals surface area contributed by atoms with E-state index in [2.05, 4.69) is 19.6 Å². The Morgan fingerprint density at radius 3 is 2.22 bits per heavy atom. The minimum atomic E-state index is -0.535. The number of carbonyl (C=O) groups excluding carboxylic acids is 2. The summed E-state index contributed by atoms with van der Waals surface area (Å²) in [6, 6.07) is 0. The molecule has 0 aromatic carbocycles. The van der Waals surface area contributed by atoms with Gasteiger partial charge in [-0.05, 0) is 45.4 Å². The molecule has 27 heavy (non-hydrogen) atoms. The van der Waals surface area contributed by atoms with Crippen LogP contribution in [0.15, 0.2) is 12.4 Å². The summed E-state index contributed by atoms with van der Waals surface area (Å²) < 4.78 is 10.1. The van der Waals surface area contributed by atoms with Crippen LogP contribution in [0.2, 0.25) is 0 Å². The van der Waals surface area contributed by atoms with E-state index in [0.717, 1.165) is 51.1 Å². The monoisotopic (exact) mass is 376 g/mol. The number of esters is 1. The highest BCUT2D eigenvalue weighted by molar-refractivity contribution is 5.85. The Balaban J connectivity index is 1.56. The van der Waals surface area contributed by atoms with Gasteiger partial charge in [0, 0.05) is 26.2 Å². The van der Waals surface area contributed by atoms with Crippen LogP contribution in [0.4, 0.5) is 10.5 Å². The highest BCUT2D eigenvalue weighted by Crippen LogP contribution is 2.41. The van der Waals surface area contributed by atoms with E-state index in [4.69, 9.17) is 4.74 Å². The maximum absolute atomic E-state index is 12.3. The van der Waals surface area contributed by atoms with Crippen molar-refractivity contribution in [3.63, 3.8) is 0 Å². The van der Waals surface area contributed by atoms with Crippen LogP contribution in [-0.4, -0.2) is 65.8 Å². The molecule has 0 unspecified atom stereocenters. The second-order valence-electron chi connectivity index (χ2n) is 8.40. The second kappa shape index (κ2) is 7.32. The lowest BCUT2D eigenvalue weighted by atomic mass is 9.78. The highest BCUT2D eigenvalue weighted by Gasteiger charge is 2.43. The average Bonchev–Trinajstić information content (AvgIpc) is 3.04. The molecule has 8 heteroatoms. The summed E-state index contributed by atoms with van der Waals surface area (Å²) in [5.74, 6) is -0.467. The molecule has 0 aliphatic carbocycles. The molecule has 0 N–H and O–H groups in total. The summed E-state index contributed by atoms with van der Waals surface area (Å²) in [6.45, 7) is 8.94. The number of likely N-dealkylation sites (tertiary alicyclic amines) is 1. The molecule has 2 fully saturated rings. The van der Waals surface area contributed by atoms with Crippen molar-refractivity contribution < 1.29 is 19.1 Å². The fraction of sp³-hybridized carbons (Fsp3) is 0.684. The van der Waals surface area contributed by atoms with Crippen molar-refractivity contribution in [3.05, 3.63) is 18.2 Å². The van der Waals surface area contributed by atoms with Gasteiger partial charge in [-0.15, -0.1) is 0 Å². The third kappa shape index (κ3) is 4.48. The third-order valence-corrected chi connectivity index (χ3v) is 5.29. The lowest BCUT2D eigenvalue weighted by molar-refractivity contribution is 0.0266. The summed E-state index contributed by atoms with van der Waals surface area (Å²) in [5, 5.41) is 0. The Kier molecular flexibility index (Phi) is 5.26. The van der Waals surface area contributed by atoms with Gasteiger partial charge in [0.05, 0.1) is 25.2 Å². The molecule has 3 heterocycles. The van der Waals surface area contributed by atoms with Crippen molar-refractivity contribution in [1.29, 1.82) is 0 Å². The number of methoxy groups -OCH3 is 1. The molecule has 8 nitrogen and oxygen atoms in total. The van der Waals surface area contributed by atoms with Crippen LogP contribution in [0.1, 0.15) is 50.7 Å². The predicted octanol–water partition coefficient (Wildman–Crippen LogP) is 2.49. The molecular formula is C19H28N4O4. The molecule has 0 radical (unpaired) electrons. The third-order valence-electron chi connectivity index (χ3n) is 5.29. The van der Waals surface area contributed by atoms with Gasteiger partial charge in [-0.25, -0.2) is 19.6 Å². The number of ether oxygens (including phenoxy) is 2. The van der Waals surface area contributed by atoms with Gasteiger partial charge in [0.2, 0.25) is 5.82 Å². The number of rotatable bonds is 2. The van der Waals surface area contributed by atoms with Gasteiger partial charge in [0.15, 0.2) is 0 Å². The molecular weight excluding hydrogens is 348 g/mol. The Morgan fingerprint density at radius 1 is 1.07 bits per heavy atom. The minimum absolute atomic E-state index is 0.0681. The van der Waals surface area contributed by atoms with E-state index >= 15 is 0 Å². The Hall–Kier alpha value is -2.38. The van der Waals surface area contributed by atoms with Gasteiger partial charge in [0.25, 0.3) is 0 Å². The zero-order valence-corrected chi connectivity index (χ0v) is 16.5. The maximum atomic E-state index is 12.3. The van der Waals surface area contributed by atoms with Crippen LogP contribution in [0.3, 0.4) is 0 Å². The van der Waals surface area contributed by atoms with Gasteiger partial charge < -0.3 is 19.3 Å². The standard InChI is InChI=1S/C19H28N4O4/c1-18(2,3)27-17(25)23-10-7-19(13-23)5-8-22(9-6-19)14-11-20-15(21-12-14)16(24)26-4/h11-12H,5-10,13H2,1-4H3. The number of hydrogen-bond donors (Lipinski definition) is 0. The Labute approximate surface area is 159 Å². The van der Waals surface area contributed by atoms with Crippen molar-refractivity contribution in [2.45, 2.75) is 45.6 Å². The number of hydrogen-bond acceptors (Lipinski definition) is 7. The first-order chi connectivity index (χ1) is 12.7. The summed E-state index contributed by atoms with van der Waals surface area (Å²) in [6.07, 6.45) is 6.14. The molecule has 148 valence electrons. The minimum Gasteiger partial charge on any atom is -0.463 e. The lowest BCUT2D eigenvalue weighted by Crippen LogP contribution is -2.43. The summed E-state index contributed by atoms with van der Waals surface area (Å²) in [7, 11) is 1.31. The highest BCUT2D eigenvalue weighted by atomic mass is 16.6. The Morgan fingerprint density at radius 2 is 1.67 bits per heavy atom. The number of anilines is 1. The summed E-state index contributed by atoms with van der Waals surface area (Å²) in [4.78, 5) is 36.0. The molecule has 1 aromatic heterocycles. The van der Waals surface area contributed by atoms with Gasteiger partial charge in [0.1, 0.15) is 5.60 Å². The van der Waals surface area contributed by atoms with Crippen LogP contribution in [0.25, 0.3) is 0 Å². The average molecular weight is 376 g/mol. The molecule has 0 atom stereocenters. The lowest BCUT2D eigenvalue weighted by Gasteiger charge is -2.40. The van der Waals surface area contributed by atoms with E-state index in [1.165, 1.54) is 7.11 Å². The molecule has 1 spiro atoms. The van der Waals surface area contributed by atoms with Crippen molar-refractivity contribution in [2.75, 3.05) is 38.2 Å². The largest absolute Gasteiger partial charge is 0.463 e. The van der Waals surface area contributed by atoms with E-state index in [0.29, 0.717) is 0 Å². The fourth-order valence-corrected chi connectivity index (χ4v) is 3.75. The zero-order chi connectivity index (χ0) is 19.7. The van der Waals surface area contributed by atoms with Crippen LogP contribution in [0.5, 0.6) is 0 Å². The predicted molar refractivity (Wildman–Crippen MR) is 99.7 cm³/mol. The van der Waals surface area contributed by atoms with Gasteiger partial charge in [-0.1, -0.05) is 0 Å². The summed E-state index contributed by atoms with van der Waals surface area (Å²) in [5.41, 5.74) is 0.603. The van der Waals surface area contributed by atoms with Crippen LogP contribution in [0, 0.1) is 5.41 Å². The fourth-order valence-electron chi connectivity index (χ4n) is 3.75. The first-order valence-corrected chi connectivity index (χ1v) is 9.35. The SMILES string of the molecule is COC(=O)c1ncc(N2CCC3(CCN(C(=O)OC(C)(C)C)C3)CC2)cn1. The van der Waals surface area contributed by atoms with Crippen LogP contribution in [-0.2, 0) is 9.47 Å².